The second-order valence-corrected chi connectivity index (χ2v) is 8.80. The number of hydrogen-bond donors (Lipinski definition) is 2. The molecular formula is C17H22N4O4S3. The molecule has 8 nitrogen and oxygen atoms in total. The van der Waals surface area contributed by atoms with E-state index in [9.17, 15) is 13.2 Å². The first-order chi connectivity index (χ1) is 13.4. The fraction of sp³-hybridized carbons (Fsp3) is 0.529. The van der Waals surface area contributed by atoms with Gasteiger partial charge in [0.15, 0.2) is 5.11 Å². The minimum absolute atomic E-state index is 0.0739. The third kappa shape index (κ3) is 4.17. The average molecular weight is 443 g/mol. The highest BCUT2D eigenvalue weighted by Gasteiger charge is 2.64. The van der Waals surface area contributed by atoms with E-state index >= 15 is 0 Å². The van der Waals surface area contributed by atoms with Gasteiger partial charge in [-0.25, -0.2) is 0 Å². The van der Waals surface area contributed by atoms with Gasteiger partial charge < -0.3 is 15.4 Å². The molecular weight excluding hydrogens is 420 g/mol. The summed E-state index contributed by atoms with van der Waals surface area (Å²) < 4.78 is 30.9. The summed E-state index contributed by atoms with van der Waals surface area (Å²) in [6.07, 6.45) is 0.641. The van der Waals surface area contributed by atoms with E-state index in [-0.39, 0.29) is 22.6 Å². The molecule has 1 aromatic rings. The van der Waals surface area contributed by atoms with Crippen molar-refractivity contribution < 1.29 is 17.9 Å². The molecule has 0 aromatic heterocycles. The number of benzene rings is 1. The maximum atomic E-state index is 13.1. The topological polar surface area (TPSA) is 100 Å². The third-order valence-corrected chi connectivity index (χ3v) is 6.73. The first-order valence-electron chi connectivity index (χ1n) is 8.77. The predicted octanol–water partition coefficient (Wildman–Crippen LogP) is 1.28. The Bertz CT molecular complexity index is 907. The Labute approximate surface area is 175 Å². The van der Waals surface area contributed by atoms with Crippen molar-refractivity contribution in [3.05, 3.63) is 23.8 Å². The van der Waals surface area contributed by atoms with Crippen molar-refractivity contribution in [1.82, 2.24) is 15.5 Å². The number of carbonyl (C=O) groups excluding carboxylic acids is 1. The summed E-state index contributed by atoms with van der Waals surface area (Å²) in [7, 11) is 0.530. The summed E-state index contributed by atoms with van der Waals surface area (Å²) in [6, 6.07) is 5.23. The fourth-order valence-corrected chi connectivity index (χ4v) is 5.00. The van der Waals surface area contributed by atoms with E-state index in [1.165, 1.54) is 7.11 Å². The van der Waals surface area contributed by atoms with E-state index in [1.807, 2.05) is 17.8 Å². The van der Waals surface area contributed by atoms with Crippen LogP contribution in [0.15, 0.2) is 22.6 Å². The van der Waals surface area contributed by atoms with Gasteiger partial charge in [0.25, 0.3) is 0 Å². The van der Waals surface area contributed by atoms with Crippen molar-refractivity contribution in [3.8, 4) is 5.75 Å². The maximum absolute atomic E-state index is 13.1. The van der Waals surface area contributed by atoms with Crippen LogP contribution in [0.4, 0.5) is 5.69 Å². The lowest BCUT2D eigenvalue weighted by molar-refractivity contribution is -0.126. The smallest absolute Gasteiger partial charge is 0.316 e. The van der Waals surface area contributed by atoms with Crippen LogP contribution in [0.1, 0.15) is 17.9 Å². The molecule has 2 N–H and O–H groups in total. The highest BCUT2D eigenvalue weighted by Crippen LogP contribution is 2.57. The predicted molar refractivity (Wildman–Crippen MR) is 113 cm³/mol. The van der Waals surface area contributed by atoms with Crippen molar-refractivity contribution in [1.29, 1.82) is 0 Å². The van der Waals surface area contributed by atoms with Gasteiger partial charge in [0.2, 0.25) is 5.91 Å². The van der Waals surface area contributed by atoms with Gasteiger partial charge in [-0.1, -0.05) is 6.07 Å². The van der Waals surface area contributed by atoms with Gasteiger partial charge >= 0.3 is 10.5 Å². The molecule has 1 heterocycles. The zero-order valence-corrected chi connectivity index (χ0v) is 18.0. The highest BCUT2D eigenvalue weighted by atomic mass is 32.2. The zero-order valence-electron chi connectivity index (χ0n) is 15.6. The molecule has 11 heteroatoms. The Morgan fingerprint density at radius 2 is 2.11 bits per heavy atom. The standard InChI is InChI=1S/C17H22N4O4S3/c1-18-16(26)19-15(22)17(21-5-7-27-8-6-21)10-12(17)11-3-4-14(25-2)13(9-11)20-28(23)24/h3-4,9,12H,5-8,10H2,1-2H3,(H2,18,19,22,26). The number of thiocarbonyl (C=S) groups is 1. The molecule has 0 radical (unpaired) electrons. The van der Waals surface area contributed by atoms with Gasteiger partial charge in [-0.15, -0.1) is 4.36 Å². The van der Waals surface area contributed by atoms with Crippen molar-refractivity contribution in [3.63, 3.8) is 0 Å². The minimum atomic E-state index is -2.59. The van der Waals surface area contributed by atoms with Gasteiger partial charge in [-0.2, -0.15) is 20.2 Å². The lowest BCUT2D eigenvalue weighted by atomic mass is 10.0. The Balaban J connectivity index is 1.95. The van der Waals surface area contributed by atoms with Crippen LogP contribution >= 0.6 is 24.0 Å². The van der Waals surface area contributed by atoms with Gasteiger partial charge in [0.1, 0.15) is 17.0 Å². The van der Waals surface area contributed by atoms with E-state index in [0.29, 0.717) is 12.2 Å². The lowest BCUT2D eigenvalue weighted by Gasteiger charge is -2.35. The SMILES string of the molecule is CNC(=S)NC(=O)C1(N2CCSCC2)CC1c1ccc(OC)c(N=S(=O)=O)c1. The summed E-state index contributed by atoms with van der Waals surface area (Å²) in [4.78, 5) is 15.3. The second-order valence-electron chi connectivity index (χ2n) is 6.55. The summed E-state index contributed by atoms with van der Waals surface area (Å²) in [5.74, 6) is 2.10. The van der Waals surface area contributed by atoms with Crippen LogP contribution in [0, 0.1) is 0 Å². The van der Waals surface area contributed by atoms with Crippen LogP contribution < -0.4 is 15.4 Å². The average Bonchev–Trinajstić information content (AvgIpc) is 3.45. The molecule has 1 aromatic carbocycles. The number of thioether (sulfide) groups is 1. The normalized spacial score (nSPS) is 24.1. The van der Waals surface area contributed by atoms with E-state index in [0.717, 1.165) is 30.2 Å². The van der Waals surface area contributed by atoms with Gasteiger partial charge in [-0.05, 0) is 36.3 Å². The number of nitrogens with one attached hydrogen (secondary N) is 2. The van der Waals surface area contributed by atoms with Crippen LogP contribution in [0.5, 0.6) is 5.75 Å². The van der Waals surface area contributed by atoms with Gasteiger partial charge in [0, 0.05) is 37.6 Å². The molecule has 2 unspecified atom stereocenters. The Morgan fingerprint density at radius 1 is 1.39 bits per heavy atom. The molecule has 0 bridgehead atoms. The molecule has 1 aliphatic carbocycles. The van der Waals surface area contributed by atoms with Gasteiger partial charge in [0.05, 0.1) is 7.11 Å². The van der Waals surface area contributed by atoms with Crippen LogP contribution in [-0.4, -0.2) is 68.6 Å². The molecule has 2 atom stereocenters. The Hall–Kier alpha value is -1.69. The van der Waals surface area contributed by atoms with Gasteiger partial charge in [-0.3, -0.25) is 9.69 Å². The summed E-state index contributed by atoms with van der Waals surface area (Å²) in [5, 5.41) is 5.85. The number of amides is 1. The summed E-state index contributed by atoms with van der Waals surface area (Å²) in [6.45, 7) is 1.64. The number of ether oxygens (including phenoxy) is 1. The van der Waals surface area contributed by atoms with E-state index < -0.39 is 16.0 Å². The first kappa shape index (κ1) is 21.0. The number of methoxy groups -OCH3 is 1. The minimum Gasteiger partial charge on any atom is -0.494 e. The molecule has 3 rings (SSSR count). The van der Waals surface area contributed by atoms with Crippen LogP contribution in [0.2, 0.25) is 0 Å². The van der Waals surface area contributed by atoms with Crippen LogP contribution in [0.3, 0.4) is 0 Å². The number of hydrogen-bond acceptors (Lipinski definition) is 8. The molecule has 1 aliphatic heterocycles. The molecule has 1 amide bonds. The number of carbonyl (C=O) groups is 1. The van der Waals surface area contributed by atoms with E-state index in [1.54, 1.807) is 19.2 Å². The largest absolute Gasteiger partial charge is 0.494 e. The molecule has 28 heavy (non-hydrogen) atoms. The first-order valence-corrected chi connectivity index (χ1v) is 11.4. The second kappa shape index (κ2) is 8.76. The highest BCUT2D eigenvalue weighted by molar-refractivity contribution is 7.99. The Kier molecular flexibility index (Phi) is 6.58. The van der Waals surface area contributed by atoms with Crippen molar-refractivity contribution in [2.24, 2.45) is 4.36 Å². The Morgan fingerprint density at radius 3 is 2.71 bits per heavy atom. The molecule has 0 spiro atoms. The van der Waals surface area contributed by atoms with Crippen molar-refractivity contribution in [2.75, 3.05) is 38.8 Å². The van der Waals surface area contributed by atoms with Crippen LogP contribution in [-0.2, 0) is 15.3 Å². The van der Waals surface area contributed by atoms with E-state index in [4.69, 9.17) is 17.0 Å². The molecule has 2 fully saturated rings. The molecule has 152 valence electrons. The monoisotopic (exact) mass is 442 g/mol. The van der Waals surface area contributed by atoms with E-state index in [2.05, 4.69) is 19.9 Å². The fourth-order valence-electron chi connectivity index (χ4n) is 3.70. The molecule has 1 saturated carbocycles. The van der Waals surface area contributed by atoms with Crippen molar-refractivity contribution in [2.45, 2.75) is 17.9 Å². The summed E-state index contributed by atoms with van der Waals surface area (Å²) >= 11 is 6.99. The molecule has 1 saturated heterocycles. The number of rotatable bonds is 5. The third-order valence-electron chi connectivity index (χ3n) is 5.13. The van der Waals surface area contributed by atoms with Crippen molar-refractivity contribution >= 4 is 51.2 Å². The number of nitrogens with zero attached hydrogens (tertiary/aromatic N) is 2. The quantitative estimate of drug-likeness (QED) is 0.658. The summed E-state index contributed by atoms with van der Waals surface area (Å²) in [5.41, 5.74) is 0.396. The molecule has 2 aliphatic rings. The lowest BCUT2D eigenvalue weighted by Crippen LogP contribution is -2.55. The maximum Gasteiger partial charge on any atom is 0.316 e. The zero-order chi connectivity index (χ0) is 20.3. The van der Waals surface area contributed by atoms with Crippen LogP contribution in [0.25, 0.3) is 0 Å².